The van der Waals surface area contributed by atoms with E-state index in [0.29, 0.717) is 0 Å². The van der Waals surface area contributed by atoms with Gasteiger partial charge in [0.25, 0.3) is 0 Å². The summed E-state index contributed by atoms with van der Waals surface area (Å²) in [6, 6.07) is 3.44. The van der Waals surface area contributed by atoms with Crippen molar-refractivity contribution in [1.29, 1.82) is 0 Å². The van der Waals surface area contributed by atoms with Crippen LogP contribution in [0.15, 0.2) is 15.9 Å². The summed E-state index contributed by atoms with van der Waals surface area (Å²) in [6.07, 6.45) is -3.77. The smallest absolute Gasteiger partial charge is 0.296 e. The summed E-state index contributed by atoms with van der Waals surface area (Å²) in [5.41, 5.74) is -1.64. The van der Waals surface area contributed by atoms with Gasteiger partial charge in [-0.1, -0.05) is 0 Å². The number of hydrogen-bond acceptors (Lipinski definition) is 2. The fourth-order valence-corrected chi connectivity index (χ4v) is 3.11. The third-order valence-corrected chi connectivity index (χ3v) is 4.61. The number of nitrogens with one attached hydrogen (secondary N) is 1. The van der Waals surface area contributed by atoms with Gasteiger partial charge in [-0.3, -0.25) is 5.32 Å². The minimum absolute atomic E-state index is 0.188. The van der Waals surface area contributed by atoms with Crippen molar-refractivity contribution in [3.8, 4) is 0 Å². The molecule has 1 aromatic heterocycles. The highest BCUT2D eigenvalue weighted by Crippen LogP contribution is 2.50. The van der Waals surface area contributed by atoms with E-state index in [0.717, 1.165) is 8.66 Å². The summed E-state index contributed by atoms with van der Waals surface area (Å²) in [7, 11) is 0. The summed E-state index contributed by atoms with van der Waals surface area (Å²) in [4.78, 5) is 0.919. The van der Waals surface area contributed by atoms with Crippen molar-refractivity contribution in [2.45, 2.75) is 37.5 Å². The maximum Gasteiger partial charge on any atom is 0.406 e. The Labute approximate surface area is 104 Å². The fourth-order valence-electron chi connectivity index (χ4n) is 1.68. The van der Waals surface area contributed by atoms with Crippen molar-refractivity contribution in [1.82, 2.24) is 5.32 Å². The molecule has 2 rings (SSSR count). The van der Waals surface area contributed by atoms with E-state index in [4.69, 9.17) is 0 Å². The lowest BCUT2D eigenvalue weighted by molar-refractivity contribution is -0.167. The van der Waals surface area contributed by atoms with Crippen LogP contribution in [0.2, 0.25) is 0 Å². The Balaban J connectivity index is 2.06. The second-order valence-electron chi connectivity index (χ2n) is 4.09. The zero-order chi connectivity index (χ0) is 12.0. The van der Waals surface area contributed by atoms with E-state index in [9.17, 15) is 13.2 Å². The molecule has 1 aromatic rings. The molecule has 0 amide bonds. The first-order valence-corrected chi connectivity index (χ1v) is 6.55. The second kappa shape index (κ2) is 3.99. The summed E-state index contributed by atoms with van der Waals surface area (Å²) in [6.45, 7) is 1.77. The highest BCUT2D eigenvalue weighted by Gasteiger charge is 2.63. The zero-order valence-electron chi connectivity index (χ0n) is 8.57. The van der Waals surface area contributed by atoms with Crippen LogP contribution in [0.25, 0.3) is 0 Å². The van der Waals surface area contributed by atoms with Crippen molar-refractivity contribution >= 4 is 27.3 Å². The molecule has 0 spiro atoms. The Morgan fingerprint density at radius 2 is 2.06 bits per heavy atom. The van der Waals surface area contributed by atoms with E-state index < -0.39 is 11.7 Å². The van der Waals surface area contributed by atoms with Gasteiger partial charge in [-0.05, 0) is 47.8 Å². The average Bonchev–Trinajstić information content (AvgIpc) is 2.81. The van der Waals surface area contributed by atoms with Crippen LogP contribution in [0.4, 0.5) is 13.2 Å². The van der Waals surface area contributed by atoms with Crippen LogP contribution >= 0.6 is 27.3 Å². The van der Waals surface area contributed by atoms with Crippen LogP contribution in [-0.2, 0) is 0 Å². The van der Waals surface area contributed by atoms with Crippen LogP contribution in [0.5, 0.6) is 0 Å². The van der Waals surface area contributed by atoms with Crippen LogP contribution < -0.4 is 5.32 Å². The third-order valence-electron chi connectivity index (χ3n) is 2.81. The number of thiophene rings is 1. The maximum atomic E-state index is 12.7. The Hall–Kier alpha value is -0.0700. The normalized spacial score (nSPS) is 20.8. The molecule has 0 saturated heterocycles. The van der Waals surface area contributed by atoms with Crippen molar-refractivity contribution < 1.29 is 13.2 Å². The van der Waals surface area contributed by atoms with E-state index in [-0.39, 0.29) is 18.9 Å². The molecule has 1 saturated carbocycles. The molecule has 1 aliphatic carbocycles. The van der Waals surface area contributed by atoms with Crippen molar-refractivity contribution in [3.05, 3.63) is 20.8 Å². The monoisotopic (exact) mass is 313 g/mol. The molecule has 90 valence electrons. The predicted octanol–water partition coefficient (Wildman–Crippen LogP) is 4.26. The minimum Gasteiger partial charge on any atom is -0.296 e. The number of halogens is 4. The van der Waals surface area contributed by atoms with Gasteiger partial charge in [0.2, 0.25) is 0 Å². The number of alkyl halides is 3. The van der Waals surface area contributed by atoms with Gasteiger partial charge < -0.3 is 0 Å². The number of hydrogen-bond donors (Lipinski definition) is 1. The lowest BCUT2D eigenvalue weighted by Crippen LogP contribution is -2.45. The molecule has 16 heavy (non-hydrogen) atoms. The van der Waals surface area contributed by atoms with Gasteiger partial charge in [-0.25, -0.2) is 0 Å². The fraction of sp³-hybridized carbons (Fsp3) is 0.600. The lowest BCUT2D eigenvalue weighted by atomic mass is 10.2. The van der Waals surface area contributed by atoms with Crippen LogP contribution in [0.3, 0.4) is 0 Å². The van der Waals surface area contributed by atoms with Crippen LogP contribution in [-0.4, -0.2) is 11.7 Å². The first-order chi connectivity index (χ1) is 7.34. The van der Waals surface area contributed by atoms with Crippen LogP contribution in [0, 0.1) is 0 Å². The number of rotatable bonds is 3. The molecule has 0 aromatic carbocycles. The van der Waals surface area contributed by atoms with Gasteiger partial charge in [0.05, 0.1) is 3.79 Å². The van der Waals surface area contributed by atoms with Gasteiger partial charge in [0, 0.05) is 10.9 Å². The molecular formula is C10H11BrF3NS. The molecule has 1 nitrogen and oxygen atoms in total. The standard InChI is InChI=1S/C10H11BrF3NS/c1-6(7-2-3-8(11)16-7)15-9(4-5-9)10(12,13)14/h2-3,6,15H,4-5H2,1H3. The molecule has 1 fully saturated rings. The summed E-state index contributed by atoms with van der Waals surface area (Å²) < 4.78 is 39.1. The highest BCUT2D eigenvalue weighted by atomic mass is 79.9. The average molecular weight is 314 g/mol. The Morgan fingerprint density at radius 3 is 2.44 bits per heavy atom. The van der Waals surface area contributed by atoms with Gasteiger partial charge in [0.1, 0.15) is 5.54 Å². The van der Waals surface area contributed by atoms with Crippen molar-refractivity contribution in [3.63, 3.8) is 0 Å². The summed E-state index contributed by atoms with van der Waals surface area (Å²) >= 11 is 4.77. The largest absolute Gasteiger partial charge is 0.406 e. The molecule has 1 unspecified atom stereocenters. The molecule has 0 bridgehead atoms. The first kappa shape index (κ1) is 12.4. The topological polar surface area (TPSA) is 12.0 Å². The first-order valence-electron chi connectivity index (χ1n) is 4.94. The van der Waals surface area contributed by atoms with E-state index in [1.165, 1.54) is 11.3 Å². The molecular weight excluding hydrogens is 303 g/mol. The van der Waals surface area contributed by atoms with Gasteiger partial charge in [0.15, 0.2) is 0 Å². The van der Waals surface area contributed by atoms with E-state index >= 15 is 0 Å². The van der Waals surface area contributed by atoms with E-state index in [2.05, 4.69) is 21.2 Å². The van der Waals surface area contributed by atoms with Crippen LogP contribution in [0.1, 0.15) is 30.7 Å². The van der Waals surface area contributed by atoms with Crippen molar-refractivity contribution in [2.75, 3.05) is 0 Å². The molecule has 1 aliphatic rings. The van der Waals surface area contributed by atoms with Gasteiger partial charge in [-0.2, -0.15) is 13.2 Å². The maximum absolute atomic E-state index is 12.7. The van der Waals surface area contributed by atoms with Crippen molar-refractivity contribution in [2.24, 2.45) is 0 Å². The lowest BCUT2D eigenvalue weighted by Gasteiger charge is -2.24. The highest BCUT2D eigenvalue weighted by molar-refractivity contribution is 9.11. The SMILES string of the molecule is CC(NC1(C(F)(F)F)CC1)c1ccc(Br)s1. The third kappa shape index (κ3) is 2.28. The molecule has 6 heteroatoms. The second-order valence-corrected chi connectivity index (χ2v) is 6.58. The molecule has 1 heterocycles. The molecule has 1 N–H and O–H groups in total. The van der Waals surface area contributed by atoms with Gasteiger partial charge >= 0.3 is 6.18 Å². The predicted molar refractivity (Wildman–Crippen MR) is 61.6 cm³/mol. The minimum atomic E-state index is -4.14. The van der Waals surface area contributed by atoms with E-state index in [1.54, 1.807) is 6.92 Å². The zero-order valence-corrected chi connectivity index (χ0v) is 11.0. The Bertz CT molecular complexity index is 384. The molecule has 0 radical (unpaired) electrons. The Morgan fingerprint density at radius 1 is 1.44 bits per heavy atom. The molecule has 1 atom stereocenters. The Kier molecular flexibility index (Phi) is 3.09. The van der Waals surface area contributed by atoms with E-state index in [1.807, 2.05) is 12.1 Å². The molecule has 0 aliphatic heterocycles. The quantitative estimate of drug-likeness (QED) is 0.879. The summed E-state index contributed by atoms with van der Waals surface area (Å²) in [5, 5.41) is 2.70. The summed E-state index contributed by atoms with van der Waals surface area (Å²) in [5.74, 6) is 0. The van der Waals surface area contributed by atoms with Gasteiger partial charge in [-0.15, -0.1) is 11.3 Å².